The number of rotatable bonds is 2. The summed E-state index contributed by atoms with van der Waals surface area (Å²) in [5.74, 6) is -0.00641. The van der Waals surface area contributed by atoms with Crippen LogP contribution in [0.4, 0.5) is 4.39 Å². The van der Waals surface area contributed by atoms with Crippen LogP contribution in [0.2, 0.25) is 0 Å². The van der Waals surface area contributed by atoms with Gasteiger partial charge in [-0.15, -0.1) is 0 Å². The summed E-state index contributed by atoms with van der Waals surface area (Å²) in [7, 11) is 0. The highest BCUT2D eigenvalue weighted by Gasteiger charge is 2.18. The van der Waals surface area contributed by atoms with Gasteiger partial charge in [-0.3, -0.25) is 0 Å². The molecule has 0 spiro atoms. The highest BCUT2D eigenvalue weighted by atomic mass is 79.9. The zero-order valence-electron chi connectivity index (χ0n) is 11.6. The molecule has 108 valence electrons. The number of benzene rings is 2. The molecule has 0 radical (unpaired) electrons. The number of halogens is 2. The molecule has 0 aliphatic heterocycles. The van der Waals surface area contributed by atoms with Gasteiger partial charge in [0.15, 0.2) is 0 Å². The molecule has 0 bridgehead atoms. The van der Waals surface area contributed by atoms with Crippen molar-refractivity contribution in [3.8, 4) is 17.1 Å². The third-order valence-electron chi connectivity index (χ3n) is 3.36. The number of nitrogens with zero attached hydrogens (tertiary/aromatic N) is 2. The molecule has 5 heteroatoms. The number of aromatic hydroxyl groups is 1. The van der Waals surface area contributed by atoms with Crippen molar-refractivity contribution in [1.29, 1.82) is 0 Å². The fourth-order valence-electron chi connectivity index (χ4n) is 2.47. The molecule has 1 heterocycles. The van der Waals surface area contributed by atoms with Crippen LogP contribution in [0.3, 0.4) is 0 Å². The maximum atomic E-state index is 14.2. The van der Waals surface area contributed by atoms with Crippen LogP contribution in [0.15, 0.2) is 40.9 Å². The number of hydrogen-bond acceptors (Lipinski definition) is 2. The van der Waals surface area contributed by atoms with Crippen LogP contribution in [0.5, 0.6) is 5.75 Å². The minimum Gasteiger partial charge on any atom is -0.508 e. The van der Waals surface area contributed by atoms with Crippen molar-refractivity contribution in [2.45, 2.75) is 19.9 Å². The molecule has 1 N–H and O–H groups in total. The lowest BCUT2D eigenvalue weighted by atomic mass is 10.2. The van der Waals surface area contributed by atoms with Crippen LogP contribution < -0.4 is 0 Å². The Hall–Kier alpha value is -1.88. The second-order valence-corrected chi connectivity index (χ2v) is 6.11. The number of phenolic OH excluding ortho intramolecular Hbond substituents is 1. The van der Waals surface area contributed by atoms with Crippen LogP contribution in [0.25, 0.3) is 22.4 Å². The Labute approximate surface area is 130 Å². The smallest absolute Gasteiger partial charge is 0.144 e. The lowest BCUT2D eigenvalue weighted by molar-refractivity contribution is 0.469. The minimum absolute atomic E-state index is 0.0915. The molecular formula is C16H14BrFN2O. The second-order valence-electron chi connectivity index (χ2n) is 5.20. The van der Waals surface area contributed by atoms with Gasteiger partial charge in [0.2, 0.25) is 0 Å². The molecular weight excluding hydrogens is 335 g/mol. The summed E-state index contributed by atoms with van der Waals surface area (Å²) in [5.41, 5.74) is 2.14. The van der Waals surface area contributed by atoms with Gasteiger partial charge in [0.1, 0.15) is 17.4 Å². The summed E-state index contributed by atoms with van der Waals surface area (Å²) in [6.07, 6.45) is 0. The maximum Gasteiger partial charge on any atom is 0.144 e. The van der Waals surface area contributed by atoms with Gasteiger partial charge in [0, 0.05) is 16.6 Å². The molecule has 0 saturated carbocycles. The maximum absolute atomic E-state index is 14.2. The lowest BCUT2D eigenvalue weighted by Gasteiger charge is -2.13. The number of phenols is 1. The molecule has 0 fully saturated rings. The molecule has 0 atom stereocenters. The molecule has 0 saturated heterocycles. The topological polar surface area (TPSA) is 38.0 Å². The first-order valence-corrected chi connectivity index (χ1v) is 7.43. The van der Waals surface area contributed by atoms with E-state index in [0.717, 1.165) is 21.6 Å². The van der Waals surface area contributed by atoms with Gasteiger partial charge in [0.05, 0.1) is 16.6 Å². The van der Waals surface area contributed by atoms with Gasteiger partial charge in [-0.1, -0.05) is 15.9 Å². The highest BCUT2D eigenvalue weighted by molar-refractivity contribution is 9.10. The third-order valence-corrected chi connectivity index (χ3v) is 3.85. The van der Waals surface area contributed by atoms with E-state index in [2.05, 4.69) is 20.9 Å². The normalized spacial score (nSPS) is 11.5. The summed E-state index contributed by atoms with van der Waals surface area (Å²) in [6.45, 7) is 4.07. The average molecular weight is 349 g/mol. The first-order chi connectivity index (χ1) is 9.97. The molecule has 3 rings (SSSR count). The Morgan fingerprint density at radius 1 is 1.19 bits per heavy atom. The van der Waals surface area contributed by atoms with E-state index < -0.39 is 5.82 Å². The van der Waals surface area contributed by atoms with Crippen LogP contribution in [-0.2, 0) is 0 Å². The largest absolute Gasteiger partial charge is 0.508 e. The molecule has 0 amide bonds. The van der Waals surface area contributed by atoms with E-state index in [1.165, 1.54) is 6.07 Å². The van der Waals surface area contributed by atoms with Gasteiger partial charge >= 0.3 is 0 Å². The van der Waals surface area contributed by atoms with Gasteiger partial charge < -0.3 is 9.67 Å². The fraction of sp³-hybridized carbons (Fsp3) is 0.188. The van der Waals surface area contributed by atoms with Crippen LogP contribution in [-0.4, -0.2) is 14.7 Å². The molecule has 0 aliphatic carbocycles. The van der Waals surface area contributed by atoms with E-state index in [1.54, 1.807) is 6.07 Å². The number of imidazole rings is 1. The predicted octanol–water partition coefficient (Wildman–Crippen LogP) is 4.89. The molecule has 1 aromatic heterocycles. The van der Waals surface area contributed by atoms with Gasteiger partial charge in [-0.25, -0.2) is 9.37 Å². The summed E-state index contributed by atoms with van der Waals surface area (Å²) >= 11 is 3.43. The van der Waals surface area contributed by atoms with Crippen molar-refractivity contribution < 1.29 is 9.50 Å². The average Bonchev–Trinajstić information content (AvgIpc) is 2.76. The van der Waals surface area contributed by atoms with Gasteiger partial charge in [-0.2, -0.15) is 0 Å². The fourth-order valence-corrected chi connectivity index (χ4v) is 2.82. The van der Waals surface area contributed by atoms with Crippen LogP contribution in [0, 0.1) is 5.82 Å². The van der Waals surface area contributed by atoms with Crippen LogP contribution >= 0.6 is 15.9 Å². The molecule has 3 aromatic rings. The monoisotopic (exact) mass is 348 g/mol. The molecule has 0 aliphatic rings. The quantitative estimate of drug-likeness (QED) is 0.715. The lowest BCUT2D eigenvalue weighted by Crippen LogP contribution is -2.04. The van der Waals surface area contributed by atoms with Crippen molar-refractivity contribution in [1.82, 2.24) is 9.55 Å². The Balaban J connectivity index is 2.33. The Kier molecular flexibility index (Phi) is 3.45. The third kappa shape index (κ3) is 2.42. The van der Waals surface area contributed by atoms with E-state index in [1.807, 2.05) is 36.6 Å². The SMILES string of the molecule is CC(C)n1c(-c2ccc(O)cc2F)nc2cc(Br)ccc21. The van der Waals surface area contributed by atoms with E-state index in [9.17, 15) is 9.50 Å². The zero-order chi connectivity index (χ0) is 15.1. The van der Waals surface area contributed by atoms with E-state index in [-0.39, 0.29) is 11.8 Å². The van der Waals surface area contributed by atoms with E-state index in [0.29, 0.717) is 11.4 Å². The standard InChI is InChI=1S/C16H14BrFN2O/c1-9(2)20-15-6-3-10(17)7-14(15)19-16(20)12-5-4-11(21)8-13(12)18/h3-9,21H,1-2H3. The second kappa shape index (κ2) is 5.15. The first kappa shape index (κ1) is 14.1. The number of fused-ring (bicyclic) bond motifs is 1. The summed E-state index contributed by atoms with van der Waals surface area (Å²) < 4.78 is 17.1. The summed E-state index contributed by atoms with van der Waals surface area (Å²) in [6, 6.07) is 10.1. The molecule has 0 unspecified atom stereocenters. The summed E-state index contributed by atoms with van der Waals surface area (Å²) in [4.78, 5) is 4.57. The van der Waals surface area contributed by atoms with Gasteiger partial charge in [-0.05, 0) is 44.2 Å². The van der Waals surface area contributed by atoms with E-state index >= 15 is 0 Å². The Morgan fingerprint density at radius 3 is 2.62 bits per heavy atom. The highest BCUT2D eigenvalue weighted by Crippen LogP contribution is 2.32. The van der Waals surface area contributed by atoms with Gasteiger partial charge in [0.25, 0.3) is 0 Å². The minimum atomic E-state index is -0.480. The molecule has 2 aromatic carbocycles. The van der Waals surface area contributed by atoms with Crippen molar-refractivity contribution in [3.05, 3.63) is 46.7 Å². The van der Waals surface area contributed by atoms with Crippen molar-refractivity contribution in [2.24, 2.45) is 0 Å². The molecule has 3 nitrogen and oxygen atoms in total. The number of hydrogen-bond donors (Lipinski definition) is 1. The molecule has 21 heavy (non-hydrogen) atoms. The Morgan fingerprint density at radius 2 is 1.95 bits per heavy atom. The van der Waals surface area contributed by atoms with Crippen molar-refractivity contribution in [3.63, 3.8) is 0 Å². The van der Waals surface area contributed by atoms with Crippen molar-refractivity contribution in [2.75, 3.05) is 0 Å². The summed E-state index contributed by atoms with van der Waals surface area (Å²) in [5, 5.41) is 9.37. The van der Waals surface area contributed by atoms with E-state index in [4.69, 9.17) is 0 Å². The predicted molar refractivity (Wildman–Crippen MR) is 84.9 cm³/mol. The first-order valence-electron chi connectivity index (χ1n) is 6.63. The zero-order valence-corrected chi connectivity index (χ0v) is 13.2. The number of aromatic nitrogens is 2. The van der Waals surface area contributed by atoms with Crippen molar-refractivity contribution >= 4 is 27.0 Å². The Bertz CT molecular complexity index is 827. The van der Waals surface area contributed by atoms with Crippen LogP contribution in [0.1, 0.15) is 19.9 Å².